The van der Waals surface area contributed by atoms with Crippen LogP contribution in [-0.2, 0) is 0 Å². The second-order valence-corrected chi connectivity index (χ2v) is 5.04. The number of carboxylic acid groups (broad SMARTS) is 1. The van der Waals surface area contributed by atoms with Gasteiger partial charge in [-0.15, -0.1) is 0 Å². The third kappa shape index (κ3) is 2.80. The van der Waals surface area contributed by atoms with Crippen LogP contribution in [0, 0.1) is 19.7 Å². The van der Waals surface area contributed by atoms with Gasteiger partial charge in [0.05, 0.1) is 0 Å². The number of aryl methyl sites for hydroxylation is 1. The molecule has 3 aromatic rings. The molecule has 1 aromatic carbocycles. The maximum Gasteiger partial charge on any atom is 0.356 e. The van der Waals surface area contributed by atoms with Crippen molar-refractivity contribution in [2.24, 2.45) is 0 Å². The van der Waals surface area contributed by atoms with Crippen LogP contribution in [0.25, 0.3) is 17.2 Å². The van der Waals surface area contributed by atoms with Gasteiger partial charge in [-0.05, 0) is 32.0 Å². The van der Waals surface area contributed by atoms with E-state index in [0.29, 0.717) is 22.9 Å². The van der Waals surface area contributed by atoms with Crippen molar-refractivity contribution in [2.45, 2.75) is 13.8 Å². The molecule has 2 aromatic heterocycles. The third-order valence-electron chi connectivity index (χ3n) is 3.47. The lowest BCUT2D eigenvalue weighted by molar-refractivity contribution is 0.0690. The normalized spacial score (nSPS) is 10.7. The summed E-state index contributed by atoms with van der Waals surface area (Å²) in [4.78, 5) is 19.8. The fourth-order valence-electron chi connectivity index (χ4n) is 2.15. The fourth-order valence-corrected chi connectivity index (χ4v) is 2.15. The quantitative estimate of drug-likeness (QED) is 0.804. The summed E-state index contributed by atoms with van der Waals surface area (Å²) in [6, 6.07) is 7.38. The first-order valence-corrected chi connectivity index (χ1v) is 6.86. The Morgan fingerprint density at radius 3 is 2.65 bits per heavy atom. The standard InChI is InChI=1S/C16H13FN4O2/c1-9-10(2)18-14(11-4-3-5-12(17)8-11)19-15(9)21-7-6-13(20-21)16(22)23/h3-8H,1-2H3,(H,22,23). The molecule has 6 nitrogen and oxygen atoms in total. The predicted molar refractivity (Wildman–Crippen MR) is 81.0 cm³/mol. The van der Waals surface area contributed by atoms with Crippen LogP contribution in [0.15, 0.2) is 36.5 Å². The van der Waals surface area contributed by atoms with Gasteiger partial charge >= 0.3 is 5.97 Å². The van der Waals surface area contributed by atoms with Gasteiger partial charge in [0, 0.05) is 23.0 Å². The highest BCUT2D eigenvalue weighted by molar-refractivity contribution is 5.85. The zero-order chi connectivity index (χ0) is 16.6. The number of hydrogen-bond acceptors (Lipinski definition) is 4. The molecule has 7 heteroatoms. The van der Waals surface area contributed by atoms with Crippen LogP contribution >= 0.6 is 0 Å². The zero-order valence-corrected chi connectivity index (χ0v) is 12.5. The molecule has 116 valence electrons. The molecular formula is C16H13FN4O2. The predicted octanol–water partition coefficient (Wildman–Crippen LogP) is 2.78. The summed E-state index contributed by atoms with van der Waals surface area (Å²) in [6.07, 6.45) is 1.52. The minimum atomic E-state index is -1.11. The number of aromatic carboxylic acids is 1. The number of benzene rings is 1. The molecule has 0 amide bonds. The smallest absolute Gasteiger partial charge is 0.356 e. The van der Waals surface area contributed by atoms with Crippen molar-refractivity contribution >= 4 is 5.97 Å². The summed E-state index contributed by atoms with van der Waals surface area (Å²) in [5.41, 5.74) is 1.94. The van der Waals surface area contributed by atoms with Crippen molar-refractivity contribution in [3.63, 3.8) is 0 Å². The molecule has 0 saturated heterocycles. The summed E-state index contributed by atoms with van der Waals surface area (Å²) in [5, 5.41) is 13.0. The fraction of sp³-hybridized carbons (Fsp3) is 0.125. The lowest BCUT2D eigenvalue weighted by Gasteiger charge is -2.10. The number of carboxylic acids is 1. The number of halogens is 1. The van der Waals surface area contributed by atoms with Crippen LogP contribution in [0.2, 0.25) is 0 Å². The Balaban J connectivity index is 2.15. The molecule has 0 fully saturated rings. The minimum Gasteiger partial charge on any atom is -0.476 e. The minimum absolute atomic E-state index is 0.0760. The van der Waals surface area contributed by atoms with E-state index in [-0.39, 0.29) is 11.5 Å². The molecule has 0 atom stereocenters. The lowest BCUT2D eigenvalue weighted by Crippen LogP contribution is -2.08. The van der Waals surface area contributed by atoms with E-state index in [1.165, 1.54) is 29.1 Å². The summed E-state index contributed by atoms with van der Waals surface area (Å²) in [6.45, 7) is 3.63. The Hall–Kier alpha value is -3.09. The maximum absolute atomic E-state index is 13.4. The van der Waals surface area contributed by atoms with E-state index in [0.717, 1.165) is 5.56 Å². The van der Waals surface area contributed by atoms with Gasteiger partial charge in [0.2, 0.25) is 0 Å². The molecule has 23 heavy (non-hydrogen) atoms. The van der Waals surface area contributed by atoms with E-state index in [4.69, 9.17) is 5.11 Å². The summed E-state index contributed by atoms with van der Waals surface area (Å²) < 4.78 is 14.8. The number of carbonyl (C=O) groups is 1. The topological polar surface area (TPSA) is 80.9 Å². The van der Waals surface area contributed by atoms with E-state index in [1.807, 2.05) is 13.8 Å². The molecule has 0 spiro atoms. The van der Waals surface area contributed by atoms with Crippen molar-refractivity contribution in [1.29, 1.82) is 0 Å². The van der Waals surface area contributed by atoms with Crippen molar-refractivity contribution < 1.29 is 14.3 Å². The number of rotatable bonds is 3. The van der Waals surface area contributed by atoms with Crippen LogP contribution in [0.4, 0.5) is 4.39 Å². The highest BCUT2D eigenvalue weighted by Gasteiger charge is 2.14. The SMILES string of the molecule is Cc1nc(-c2cccc(F)c2)nc(-n2ccc(C(=O)O)n2)c1C. The van der Waals surface area contributed by atoms with Crippen LogP contribution < -0.4 is 0 Å². The van der Waals surface area contributed by atoms with E-state index >= 15 is 0 Å². The van der Waals surface area contributed by atoms with Crippen molar-refractivity contribution in [1.82, 2.24) is 19.7 Å². The molecule has 3 rings (SSSR count). The second kappa shape index (κ2) is 5.60. The van der Waals surface area contributed by atoms with Crippen LogP contribution in [0.1, 0.15) is 21.7 Å². The molecule has 0 bridgehead atoms. The van der Waals surface area contributed by atoms with Gasteiger partial charge in [-0.3, -0.25) is 0 Å². The van der Waals surface area contributed by atoms with Gasteiger partial charge in [0.25, 0.3) is 0 Å². The van der Waals surface area contributed by atoms with E-state index in [9.17, 15) is 9.18 Å². The Bertz CT molecular complexity index is 905. The van der Waals surface area contributed by atoms with Crippen molar-refractivity contribution in [2.75, 3.05) is 0 Å². The van der Waals surface area contributed by atoms with Crippen LogP contribution in [0.5, 0.6) is 0 Å². The zero-order valence-electron chi connectivity index (χ0n) is 12.5. The van der Waals surface area contributed by atoms with Gasteiger partial charge in [0.15, 0.2) is 17.3 Å². The van der Waals surface area contributed by atoms with Gasteiger partial charge < -0.3 is 5.11 Å². The Kier molecular flexibility index (Phi) is 3.61. The molecule has 0 unspecified atom stereocenters. The first kappa shape index (κ1) is 14.8. The van der Waals surface area contributed by atoms with Gasteiger partial charge in [0.1, 0.15) is 5.82 Å². The van der Waals surface area contributed by atoms with Gasteiger partial charge in [-0.1, -0.05) is 12.1 Å². The summed E-state index contributed by atoms with van der Waals surface area (Å²) in [5.74, 6) is -0.671. The molecule has 1 N–H and O–H groups in total. The van der Waals surface area contributed by atoms with E-state index in [1.54, 1.807) is 12.1 Å². The van der Waals surface area contributed by atoms with Crippen molar-refractivity contribution in [3.05, 3.63) is 59.3 Å². The van der Waals surface area contributed by atoms with Crippen LogP contribution in [-0.4, -0.2) is 30.8 Å². The number of hydrogen-bond donors (Lipinski definition) is 1. The molecule has 0 aliphatic carbocycles. The molecule has 0 aliphatic heterocycles. The van der Waals surface area contributed by atoms with Gasteiger partial charge in [-0.25, -0.2) is 23.8 Å². The summed E-state index contributed by atoms with van der Waals surface area (Å²) >= 11 is 0. The van der Waals surface area contributed by atoms with Crippen molar-refractivity contribution in [3.8, 4) is 17.2 Å². The molecular weight excluding hydrogens is 299 g/mol. The average molecular weight is 312 g/mol. The molecule has 0 saturated carbocycles. The lowest BCUT2D eigenvalue weighted by atomic mass is 10.2. The maximum atomic E-state index is 13.4. The van der Waals surface area contributed by atoms with Gasteiger partial charge in [-0.2, -0.15) is 5.10 Å². The molecule has 2 heterocycles. The Morgan fingerprint density at radius 2 is 2.00 bits per heavy atom. The first-order valence-electron chi connectivity index (χ1n) is 6.86. The third-order valence-corrected chi connectivity index (χ3v) is 3.47. The Morgan fingerprint density at radius 1 is 1.22 bits per heavy atom. The number of nitrogens with zero attached hydrogens (tertiary/aromatic N) is 4. The Labute approximate surface area is 131 Å². The monoisotopic (exact) mass is 312 g/mol. The largest absolute Gasteiger partial charge is 0.476 e. The molecule has 0 radical (unpaired) electrons. The van der Waals surface area contributed by atoms with Crippen LogP contribution in [0.3, 0.4) is 0 Å². The highest BCUT2D eigenvalue weighted by atomic mass is 19.1. The highest BCUT2D eigenvalue weighted by Crippen LogP contribution is 2.21. The first-order chi connectivity index (χ1) is 11.0. The van der Waals surface area contributed by atoms with E-state index < -0.39 is 5.97 Å². The average Bonchev–Trinajstić information content (AvgIpc) is 3.00. The summed E-state index contributed by atoms with van der Waals surface area (Å²) in [7, 11) is 0. The molecule has 0 aliphatic rings. The van der Waals surface area contributed by atoms with E-state index in [2.05, 4.69) is 15.1 Å². The second-order valence-electron chi connectivity index (χ2n) is 5.04. The number of aromatic nitrogens is 4.